The number of nitrogens with one attached hydrogen (secondary N) is 1. The summed E-state index contributed by atoms with van der Waals surface area (Å²) in [5.41, 5.74) is 3.31. The molecule has 3 rings (SSSR count). The molecule has 2 aliphatic rings. The molecule has 0 unspecified atom stereocenters. The van der Waals surface area contributed by atoms with Gasteiger partial charge in [0.1, 0.15) is 5.57 Å². The molecule has 3 nitrogen and oxygen atoms in total. The zero-order valence-electron chi connectivity index (χ0n) is 19.7. The van der Waals surface area contributed by atoms with Crippen LogP contribution in [-0.4, -0.2) is 23.9 Å². The minimum atomic E-state index is -0.240. The summed E-state index contributed by atoms with van der Waals surface area (Å²) >= 11 is 0. The Balaban J connectivity index is -0.00000122. The largest absolute Gasteiger partial charge is 0.358 e. The minimum absolute atomic E-state index is 0. The molecule has 169 valence electrons. The molecule has 2 fully saturated rings. The van der Waals surface area contributed by atoms with Gasteiger partial charge < -0.3 is 17.6 Å². The number of rotatable bonds is 6. The van der Waals surface area contributed by atoms with Crippen molar-refractivity contribution in [2.24, 2.45) is 11.8 Å². The summed E-state index contributed by atoms with van der Waals surface area (Å²) in [5, 5.41) is 2.62. The van der Waals surface area contributed by atoms with Gasteiger partial charge in [0.15, 0.2) is 0 Å². The normalized spacial score (nSPS) is 19.9. The van der Waals surface area contributed by atoms with Gasteiger partial charge in [-0.15, -0.1) is 13.0 Å². The Morgan fingerprint density at radius 3 is 2.19 bits per heavy atom. The van der Waals surface area contributed by atoms with E-state index in [0.29, 0.717) is 17.5 Å². The number of amides is 1. The van der Waals surface area contributed by atoms with Crippen molar-refractivity contribution < 1.29 is 70.0 Å². The molecular formula is C27H37N2OUY-. The fourth-order valence-electron chi connectivity index (χ4n) is 4.17. The fourth-order valence-corrected chi connectivity index (χ4v) is 4.17. The SMILES string of the molecule is C#C/C(=C\N(C(=C)c1ccc(C=C)cc1)[C@H]1CC[C@H]2CC[C@H]21)C(=O)NC.C=CC.[CH3-].[HH].[U].[Y]. The first-order valence-electron chi connectivity index (χ1n) is 10.2. The predicted octanol–water partition coefficient (Wildman–Crippen LogP) is 5.94. The van der Waals surface area contributed by atoms with Gasteiger partial charge in [0.25, 0.3) is 5.91 Å². The maximum Gasteiger partial charge on any atom is 0.261 e. The smallest absolute Gasteiger partial charge is 0.261 e. The van der Waals surface area contributed by atoms with Crippen molar-refractivity contribution in [2.45, 2.75) is 38.6 Å². The number of nitrogens with zero attached hydrogens (tertiary/aromatic N) is 1. The van der Waals surface area contributed by atoms with Crippen molar-refractivity contribution in [3.05, 3.63) is 80.4 Å². The van der Waals surface area contributed by atoms with Crippen LogP contribution in [0.25, 0.3) is 11.8 Å². The van der Waals surface area contributed by atoms with Crippen LogP contribution >= 0.6 is 0 Å². The predicted molar refractivity (Wildman–Crippen MR) is 132 cm³/mol. The number of hydrogen-bond donors (Lipinski definition) is 1. The van der Waals surface area contributed by atoms with Gasteiger partial charge in [-0.25, -0.2) is 0 Å². The van der Waals surface area contributed by atoms with Gasteiger partial charge in [-0.2, -0.15) is 0 Å². The Hall–Kier alpha value is -0.834. The number of carbonyl (C=O) groups is 1. The van der Waals surface area contributed by atoms with Crippen LogP contribution in [0.2, 0.25) is 0 Å². The first kappa shape index (κ1) is 33.3. The van der Waals surface area contributed by atoms with Crippen LogP contribution in [0.15, 0.2) is 61.9 Å². The van der Waals surface area contributed by atoms with Crippen molar-refractivity contribution in [3.63, 3.8) is 0 Å². The number of carbonyl (C=O) groups excluding carboxylic acids is 1. The van der Waals surface area contributed by atoms with Crippen LogP contribution in [0.4, 0.5) is 0 Å². The van der Waals surface area contributed by atoms with E-state index in [9.17, 15) is 4.79 Å². The molecule has 2 aliphatic carbocycles. The van der Waals surface area contributed by atoms with Crippen molar-refractivity contribution in [1.29, 1.82) is 0 Å². The summed E-state index contributed by atoms with van der Waals surface area (Å²) in [7, 11) is 1.60. The van der Waals surface area contributed by atoms with Crippen LogP contribution in [0, 0.1) is 62.7 Å². The molecule has 1 aromatic carbocycles. The van der Waals surface area contributed by atoms with Gasteiger partial charge in [0.2, 0.25) is 0 Å². The van der Waals surface area contributed by atoms with Crippen molar-refractivity contribution in [2.75, 3.05) is 7.05 Å². The van der Waals surface area contributed by atoms with E-state index in [0.717, 1.165) is 29.2 Å². The molecule has 0 saturated heterocycles. The molecule has 0 aliphatic heterocycles. The number of benzene rings is 1. The average molecular weight is 733 g/mol. The molecule has 0 aromatic heterocycles. The van der Waals surface area contributed by atoms with Crippen LogP contribution < -0.4 is 5.32 Å². The maximum absolute atomic E-state index is 12.1. The van der Waals surface area contributed by atoms with E-state index in [1.165, 1.54) is 19.3 Å². The number of hydrogen-bond acceptors (Lipinski definition) is 2. The van der Waals surface area contributed by atoms with Crippen LogP contribution in [0.5, 0.6) is 0 Å². The molecule has 2 saturated carbocycles. The third-order valence-corrected chi connectivity index (χ3v) is 5.85. The summed E-state index contributed by atoms with van der Waals surface area (Å²) in [5.74, 6) is 3.76. The number of terminal acetylenes is 1. The third-order valence-electron chi connectivity index (χ3n) is 5.85. The molecule has 0 heterocycles. The summed E-state index contributed by atoms with van der Waals surface area (Å²) in [6.07, 6.45) is 15.9. The first-order chi connectivity index (χ1) is 14.0. The van der Waals surface area contributed by atoms with Crippen LogP contribution in [-0.2, 0) is 37.5 Å². The first-order valence-corrected chi connectivity index (χ1v) is 10.2. The van der Waals surface area contributed by atoms with Crippen LogP contribution in [0.1, 0.15) is 45.2 Å². The summed E-state index contributed by atoms with van der Waals surface area (Å²) < 4.78 is 0. The van der Waals surface area contributed by atoms with E-state index in [1.54, 1.807) is 13.1 Å². The van der Waals surface area contributed by atoms with Crippen molar-refractivity contribution >= 4 is 17.7 Å². The van der Waals surface area contributed by atoms with Gasteiger partial charge in [-0.3, -0.25) is 4.79 Å². The monoisotopic (exact) mass is 732 g/mol. The van der Waals surface area contributed by atoms with Crippen molar-refractivity contribution in [1.82, 2.24) is 10.2 Å². The van der Waals surface area contributed by atoms with E-state index in [-0.39, 0.29) is 78.6 Å². The standard InChI is InChI=1S/C23H26N2O.C3H6.CH3.U.Y.H2/c1-5-17-7-9-19(10-8-17)16(3)25(15-18(6-2)23(26)24-4)22-14-12-20-11-13-21(20)22;1-3-2;;;;/h2,5,7-10,15,20-22H,1,3,11-14H2,4H3,(H,24,26);3H,1H2,2H3;1H3;;;1H/q;;-1;;;/b18-15+;;;;;/t20-,21-,22+;;;;;/m1...../s1. The number of fused-ring (bicyclic) bond motifs is 1. The second-order valence-corrected chi connectivity index (χ2v) is 7.50. The van der Waals surface area contributed by atoms with E-state index < -0.39 is 0 Å². The van der Waals surface area contributed by atoms with E-state index in [2.05, 4.69) is 35.9 Å². The Labute approximate surface area is 246 Å². The van der Waals surface area contributed by atoms with E-state index in [4.69, 9.17) is 6.42 Å². The molecule has 1 amide bonds. The minimum Gasteiger partial charge on any atom is -0.358 e. The van der Waals surface area contributed by atoms with Gasteiger partial charge in [-0.05, 0) is 55.6 Å². The molecule has 1 N–H and O–H groups in total. The summed E-state index contributed by atoms with van der Waals surface area (Å²) in [4.78, 5) is 14.3. The molecule has 32 heavy (non-hydrogen) atoms. The van der Waals surface area contributed by atoms with Gasteiger partial charge >= 0.3 is 0 Å². The quantitative estimate of drug-likeness (QED) is 0.170. The zero-order chi connectivity index (χ0) is 21.4. The zero-order valence-corrected chi connectivity index (χ0v) is 26.7. The molecule has 5 heteroatoms. The Morgan fingerprint density at radius 1 is 1.22 bits per heavy atom. The second kappa shape index (κ2) is 16.7. The molecule has 1 radical (unpaired) electrons. The van der Waals surface area contributed by atoms with Gasteiger partial charge in [0, 0.05) is 90.2 Å². The van der Waals surface area contributed by atoms with E-state index >= 15 is 0 Å². The van der Waals surface area contributed by atoms with Crippen LogP contribution in [0.3, 0.4) is 0 Å². The van der Waals surface area contributed by atoms with Gasteiger partial charge in [-0.1, -0.05) is 55.5 Å². The molecule has 1 aromatic rings. The Bertz CT molecular complexity index is 845. The molecule has 0 bridgehead atoms. The molecular weight excluding hydrogens is 695 g/mol. The summed E-state index contributed by atoms with van der Waals surface area (Å²) in [6, 6.07) is 8.49. The van der Waals surface area contributed by atoms with E-state index in [1.807, 2.05) is 43.5 Å². The Morgan fingerprint density at radius 2 is 1.78 bits per heavy atom. The van der Waals surface area contributed by atoms with Gasteiger partial charge in [0.05, 0.1) is 0 Å². The second-order valence-electron chi connectivity index (χ2n) is 7.50. The average Bonchev–Trinajstić information content (AvgIpc) is 3.01. The van der Waals surface area contributed by atoms with Crippen molar-refractivity contribution in [3.8, 4) is 12.3 Å². The third kappa shape index (κ3) is 8.19. The maximum atomic E-state index is 12.1. The molecule has 3 atom stereocenters. The number of allylic oxidation sites excluding steroid dienone is 1. The number of likely N-dealkylation sites (N-methyl/N-ethyl adjacent to an activating group) is 1. The summed E-state index contributed by atoms with van der Waals surface area (Å²) in [6.45, 7) is 13.4. The molecule has 0 spiro atoms. The topological polar surface area (TPSA) is 32.3 Å². The fraction of sp³-hybridized carbons (Fsp3) is 0.333. The Kier molecular flexibility index (Phi) is 17.4.